The highest BCUT2D eigenvalue weighted by Crippen LogP contribution is 2.29. The molecule has 1 heterocycles. The first-order chi connectivity index (χ1) is 15.9. The van der Waals surface area contributed by atoms with Crippen molar-refractivity contribution < 1.29 is 23.9 Å². The van der Waals surface area contributed by atoms with E-state index in [1.54, 1.807) is 31.2 Å². The van der Waals surface area contributed by atoms with Crippen LogP contribution in [0, 0.1) is 17.0 Å². The molecule has 10 heteroatoms. The molecule has 0 fully saturated rings. The number of nitrogens with zero attached hydrogens (tertiary/aromatic N) is 3. The maximum absolute atomic E-state index is 12.3. The molecule has 0 bridgehead atoms. The highest BCUT2D eigenvalue weighted by molar-refractivity contribution is 5.90. The van der Waals surface area contributed by atoms with Crippen molar-refractivity contribution in [2.75, 3.05) is 18.5 Å². The summed E-state index contributed by atoms with van der Waals surface area (Å²) in [6.45, 7) is 6.69. The van der Waals surface area contributed by atoms with Gasteiger partial charge in [0.1, 0.15) is 30.8 Å². The Balaban J connectivity index is 1.55. The van der Waals surface area contributed by atoms with Crippen LogP contribution in [0.4, 0.5) is 11.4 Å². The van der Waals surface area contributed by atoms with Crippen LogP contribution in [0.25, 0.3) is 0 Å². The van der Waals surface area contributed by atoms with E-state index in [9.17, 15) is 14.9 Å². The summed E-state index contributed by atoms with van der Waals surface area (Å²) in [5.74, 6) is 1.67. The second kappa shape index (κ2) is 11.0. The number of amides is 1. The molecule has 0 unspecified atom stereocenters. The van der Waals surface area contributed by atoms with Gasteiger partial charge in [-0.15, -0.1) is 0 Å². The van der Waals surface area contributed by atoms with Gasteiger partial charge < -0.3 is 19.5 Å². The van der Waals surface area contributed by atoms with Gasteiger partial charge in [-0.1, -0.05) is 6.07 Å². The van der Waals surface area contributed by atoms with Gasteiger partial charge in [-0.2, -0.15) is 5.10 Å². The average Bonchev–Trinajstić information content (AvgIpc) is 3.15. The first kappa shape index (κ1) is 23.6. The van der Waals surface area contributed by atoms with Gasteiger partial charge in [-0.3, -0.25) is 19.6 Å². The Labute approximate surface area is 191 Å². The van der Waals surface area contributed by atoms with Crippen molar-refractivity contribution in [1.82, 2.24) is 9.78 Å². The summed E-state index contributed by atoms with van der Waals surface area (Å²) in [5, 5.41) is 17.5. The molecule has 0 radical (unpaired) electrons. The lowest BCUT2D eigenvalue weighted by atomic mass is 10.2. The molecule has 10 nitrogen and oxygen atoms in total. The van der Waals surface area contributed by atoms with E-state index in [0.717, 1.165) is 11.8 Å². The van der Waals surface area contributed by atoms with Gasteiger partial charge in [-0.05, 0) is 62.7 Å². The standard InChI is InChI=1S/C23H26N4O6/c1-4-31-21-11-6-17(12-22(21)32-5-2)15-33-19-9-7-18(8-10-19)25-23(28)14-26-16(3)20(13-24-26)27(29)30/h6-13H,4-5,14-15H2,1-3H3,(H,25,28). The number of carbonyl (C=O) groups is 1. The lowest BCUT2D eigenvalue weighted by molar-refractivity contribution is -0.385. The molecule has 1 amide bonds. The van der Waals surface area contributed by atoms with Gasteiger partial charge in [-0.25, -0.2) is 0 Å². The molecule has 0 aliphatic rings. The first-order valence-corrected chi connectivity index (χ1v) is 10.5. The predicted octanol–water partition coefficient (Wildman–Crippen LogP) is 4.11. The van der Waals surface area contributed by atoms with Crippen LogP contribution in [-0.2, 0) is 17.9 Å². The van der Waals surface area contributed by atoms with E-state index < -0.39 is 4.92 Å². The van der Waals surface area contributed by atoms with Crippen LogP contribution in [0.1, 0.15) is 25.1 Å². The second-order valence-corrected chi connectivity index (χ2v) is 7.04. The number of anilines is 1. The number of hydrogen-bond acceptors (Lipinski definition) is 7. The van der Waals surface area contributed by atoms with E-state index in [-0.39, 0.29) is 18.1 Å². The van der Waals surface area contributed by atoms with E-state index in [2.05, 4.69) is 10.4 Å². The molecule has 0 saturated heterocycles. The van der Waals surface area contributed by atoms with Gasteiger partial charge in [0.05, 0.1) is 18.1 Å². The van der Waals surface area contributed by atoms with E-state index in [1.807, 2.05) is 32.0 Å². The minimum atomic E-state index is -0.527. The number of aromatic nitrogens is 2. The molecular formula is C23H26N4O6. The van der Waals surface area contributed by atoms with Crippen molar-refractivity contribution in [2.45, 2.75) is 33.9 Å². The van der Waals surface area contributed by atoms with Gasteiger partial charge in [0.15, 0.2) is 11.5 Å². The number of hydrogen-bond donors (Lipinski definition) is 1. The maximum Gasteiger partial charge on any atom is 0.309 e. The quantitative estimate of drug-likeness (QED) is 0.342. The Hall–Kier alpha value is -4.08. The minimum absolute atomic E-state index is 0.120. The van der Waals surface area contributed by atoms with Crippen LogP contribution in [0.2, 0.25) is 0 Å². The Morgan fingerprint density at radius 2 is 1.76 bits per heavy atom. The van der Waals surface area contributed by atoms with E-state index in [4.69, 9.17) is 14.2 Å². The van der Waals surface area contributed by atoms with Gasteiger partial charge in [0, 0.05) is 5.69 Å². The predicted molar refractivity (Wildman–Crippen MR) is 122 cm³/mol. The van der Waals surface area contributed by atoms with E-state index >= 15 is 0 Å². The fourth-order valence-electron chi connectivity index (χ4n) is 3.10. The number of nitrogens with one attached hydrogen (secondary N) is 1. The monoisotopic (exact) mass is 454 g/mol. The Kier molecular flexibility index (Phi) is 7.85. The molecule has 0 aliphatic carbocycles. The molecule has 1 N–H and O–H groups in total. The number of ether oxygens (including phenoxy) is 3. The average molecular weight is 454 g/mol. The van der Waals surface area contributed by atoms with Crippen LogP contribution < -0.4 is 19.5 Å². The van der Waals surface area contributed by atoms with Gasteiger partial charge in [0.25, 0.3) is 0 Å². The van der Waals surface area contributed by atoms with E-state index in [1.165, 1.54) is 4.68 Å². The molecule has 2 aromatic carbocycles. The molecule has 3 rings (SSSR count). The minimum Gasteiger partial charge on any atom is -0.490 e. The molecule has 3 aromatic rings. The van der Waals surface area contributed by atoms with Crippen LogP contribution in [0.5, 0.6) is 17.2 Å². The third-order valence-corrected chi connectivity index (χ3v) is 4.72. The molecule has 0 aliphatic heterocycles. The van der Waals surface area contributed by atoms with Crippen LogP contribution in [-0.4, -0.2) is 33.8 Å². The zero-order valence-electron chi connectivity index (χ0n) is 18.7. The topological polar surface area (TPSA) is 118 Å². The van der Waals surface area contributed by atoms with Gasteiger partial charge in [0.2, 0.25) is 5.91 Å². The van der Waals surface area contributed by atoms with Crippen molar-refractivity contribution in [3.8, 4) is 17.2 Å². The van der Waals surface area contributed by atoms with Crippen molar-refractivity contribution in [1.29, 1.82) is 0 Å². The zero-order chi connectivity index (χ0) is 23.8. The first-order valence-electron chi connectivity index (χ1n) is 10.5. The van der Waals surface area contributed by atoms with Crippen LogP contribution in [0.3, 0.4) is 0 Å². The molecule has 33 heavy (non-hydrogen) atoms. The summed E-state index contributed by atoms with van der Waals surface area (Å²) in [6, 6.07) is 12.6. The van der Waals surface area contributed by atoms with Crippen molar-refractivity contribution in [3.63, 3.8) is 0 Å². The summed E-state index contributed by atoms with van der Waals surface area (Å²) < 4.78 is 18.3. The number of rotatable bonds is 11. The molecule has 1 aromatic heterocycles. The van der Waals surface area contributed by atoms with Crippen LogP contribution in [0.15, 0.2) is 48.7 Å². The zero-order valence-corrected chi connectivity index (χ0v) is 18.7. The Morgan fingerprint density at radius 3 is 2.39 bits per heavy atom. The fraction of sp³-hybridized carbons (Fsp3) is 0.304. The summed E-state index contributed by atoms with van der Waals surface area (Å²) in [7, 11) is 0. The largest absolute Gasteiger partial charge is 0.490 e. The lowest BCUT2D eigenvalue weighted by Crippen LogP contribution is -2.20. The smallest absolute Gasteiger partial charge is 0.309 e. The second-order valence-electron chi connectivity index (χ2n) is 7.04. The molecule has 174 valence electrons. The maximum atomic E-state index is 12.3. The molecule has 0 spiro atoms. The van der Waals surface area contributed by atoms with Gasteiger partial charge >= 0.3 is 5.69 Å². The Morgan fingerprint density at radius 1 is 1.06 bits per heavy atom. The third-order valence-electron chi connectivity index (χ3n) is 4.72. The summed E-state index contributed by atoms with van der Waals surface area (Å²) in [4.78, 5) is 22.6. The number of nitro groups is 1. The molecule has 0 saturated carbocycles. The van der Waals surface area contributed by atoms with Crippen LogP contribution >= 0.6 is 0 Å². The highest BCUT2D eigenvalue weighted by Gasteiger charge is 2.18. The molecular weight excluding hydrogens is 428 g/mol. The summed E-state index contributed by atoms with van der Waals surface area (Å²) >= 11 is 0. The fourth-order valence-corrected chi connectivity index (χ4v) is 3.10. The van der Waals surface area contributed by atoms with E-state index in [0.29, 0.717) is 48.5 Å². The summed E-state index contributed by atoms with van der Waals surface area (Å²) in [5.41, 5.74) is 1.71. The number of carbonyl (C=O) groups excluding carboxylic acids is 1. The Bertz CT molecular complexity index is 1110. The third kappa shape index (κ3) is 6.22. The lowest BCUT2D eigenvalue weighted by Gasteiger charge is -2.13. The SMILES string of the molecule is CCOc1ccc(COc2ccc(NC(=O)Cn3ncc([N+](=O)[O-])c3C)cc2)cc1OCC. The number of benzene rings is 2. The normalized spacial score (nSPS) is 10.5. The van der Waals surface area contributed by atoms with Crippen molar-refractivity contribution >= 4 is 17.3 Å². The van der Waals surface area contributed by atoms with Crippen molar-refractivity contribution in [2.24, 2.45) is 0 Å². The summed E-state index contributed by atoms with van der Waals surface area (Å²) in [6.07, 6.45) is 1.14. The molecule has 0 atom stereocenters. The highest BCUT2D eigenvalue weighted by atomic mass is 16.6. The van der Waals surface area contributed by atoms with Crippen molar-refractivity contribution in [3.05, 3.63) is 70.0 Å².